The van der Waals surface area contributed by atoms with Gasteiger partial charge in [0, 0.05) is 44.5 Å². The van der Waals surface area contributed by atoms with Gasteiger partial charge in [0.1, 0.15) is 36.6 Å². The highest BCUT2D eigenvalue weighted by molar-refractivity contribution is 6.05. The van der Waals surface area contributed by atoms with Gasteiger partial charge in [-0.05, 0) is 22.3 Å². The smallest absolute Gasteiger partial charge is 0.150 e. The maximum absolute atomic E-state index is 12.0. The monoisotopic (exact) mass is 526 g/mol. The lowest BCUT2D eigenvalue weighted by Gasteiger charge is -2.23. The maximum Gasteiger partial charge on any atom is 0.150 e. The summed E-state index contributed by atoms with van der Waals surface area (Å²) in [5.74, 6) is -0.279. The molecule has 5 rings (SSSR count). The fourth-order valence-corrected chi connectivity index (χ4v) is 4.76. The van der Waals surface area contributed by atoms with Gasteiger partial charge in [0.05, 0.1) is 0 Å². The Morgan fingerprint density at radius 2 is 0.500 bits per heavy atom. The number of hydrogen-bond acceptors (Lipinski definition) is 6. The van der Waals surface area contributed by atoms with E-state index in [0.717, 1.165) is 0 Å². The van der Waals surface area contributed by atoms with Gasteiger partial charge in [0.15, 0.2) is 0 Å². The molecule has 0 saturated carbocycles. The molecule has 0 amide bonds. The van der Waals surface area contributed by atoms with Crippen LogP contribution < -0.4 is 0 Å². The van der Waals surface area contributed by atoms with Crippen molar-refractivity contribution in [1.82, 2.24) is 0 Å². The Labute approximate surface area is 229 Å². The summed E-state index contributed by atoms with van der Waals surface area (Å²) in [4.78, 5) is 45.2. The number of phenolic OH excluding ortho intramolecular Hbond substituents is 2. The predicted molar refractivity (Wildman–Crippen MR) is 153 cm³/mol. The normalized spacial score (nSPS) is 10.6. The molecule has 0 atom stereocenters. The third kappa shape index (κ3) is 4.70. The first kappa shape index (κ1) is 26.0. The number of carbonyl (C=O) groups excluding carboxylic acids is 4. The highest BCUT2D eigenvalue weighted by Gasteiger charge is 2.27. The van der Waals surface area contributed by atoms with Crippen LogP contribution in [0.5, 0.6) is 11.5 Å². The molecule has 0 bridgehead atoms. The van der Waals surface area contributed by atoms with E-state index in [0.29, 0.717) is 91.9 Å². The van der Waals surface area contributed by atoms with Crippen molar-refractivity contribution in [2.24, 2.45) is 0 Å². The molecule has 0 unspecified atom stereocenters. The minimum absolute atomic E-state index is 0.139. The molecule has 0 radical (unpaired) electrons. The first-order valence-corrected chi connectivity index (χ1v) is 12.3. The number of phenols is 2. The van der Waals surface area contributed by atoms with Crippen LogP contribution in [0, 0.1) is 0 Å². The van der Waals surface area contributed by atoms with E-state index in [1.165, 1.54) is 0 Å². The molecule has 0 aliphatic carbocycles. The average molecular weight is 527 g/mol. The summed E-state index contributed by atoms with van der Waals surface area (Å²) < 4.78 is 0. The third-order valence-electron chi connectivity index (χ3n) is 6.79. The molecule has 6 heteroatoms. The number of rotatable bonds is 8. The lowest BCUT2D eigenvalue weighted by molar-refractivity contribution is 0.111. The van der Waals surface area contributed by atoms with Gasteiger partial charge in [-0.3, -0.25) is 19.2 Å². The van der Waals surface area contributed by atoms with Crippen LogP contribution in [0.3, 0.4) is 0 Å². The molecular weight excluding hydrogens is 504 g/mol. The maximum atomic E-state index is 12.0. The summed E-state index contributed by atoms with van der Waals surface area (Å²) in [7, 11) is 0. The Hall–Kier alpha value is -5.62. The number of aldehydes is 4. The summed E-state index contributed by atoms with van der Waals surface area (Å²) in [5, 5.41) is 24.0. The summed E-state index contributed by atoms with van der Waals surface area (Å²) >= 11 is 0. The Morgan fingerprint density at radius 3 is 0.650 bits per heavy atom. The van der Waals surface area contributed by atoms with Crippen molar-refractivity contribution in [2.45, 2.75) is 0 Å². The van der Waals surface area contributed by atoms with Crippen LogP contribution in [-0.4, -0.2) is 35.4 Å². The van der Waals surface area contributed by atoms with E-state index in [4.69, 9.17) is 0 Å². The Morgan fingerprint density at radius 1 is 0.325 bits per heavy atom. The molecule has 0 aliphatic rings. The Balaban J connectivity index is 1.92. The van der Waals surface area contributed by atoms with Gasteiger partial charge in [0.25, 0.3) is 0 Å². The van der Waals surface area contributed by atoms with Crippen molar-refractivity contribution in [3.05, 3.63) is 119 Å². The highest BCUT2D eigenvalue weighted by atomic mass is 16.3. The van der Waals surface area contributed by atoms with Gasteiger partial charge in [-0.2, -0.15) is 0 Å². The minimum Gasteiger partial charge on any atom is -0.507 e. The van der Waals surface area contributed by atoms with E-state index in [1.807, 2.05) is 0 Å². The van der Waals surface area contributed by atoms with Crippen LogP contribution in [0.25, 0.3) is 44.5 Å². The largest absolute Gasteiger partial charge is 0.507 e. The molecule has 0 aliphatic heterocycles. The predicted octanol–water partition coefficient (Wildman–Crippen LogP) is 7.02. The second-order valence-corrected chi connectivity index (χ2v) is 9.16. The molecule has 6 nitrogen and oxygen atoms in total. The van der Waals surface area contributed by atoms with Crippen molar-refractivity contribution in [3.8, 4) is 56.0 Å². The zero-order valence-corrected chi connectivity index (χ0v) is 21.1. The summed E-state index contributed by atoms with van der Waals surface area (Å²) in [6.45, 7) is 0. The van der Waals surface area contributed by atoms with E-state index in [2.05, 4.69) is 0 Å². The lowest BCUT2D eigenvalue weighted by Crippen LogP contribution is -1.96. The molecule has 0 fully saturated rings. The fourth-order valence-electron chi connectivity index (χ4n) is 4.76. The van der Waals surface area contributed by atoms with Crippen molar-refractivity contribution in [2.75, 3.05) is 0 Å². The number of carbonyl (C=O) groups is 4. The van der Waals surface area contributed by atoms with Crippen molar-refractivity contribution in [1.29, 1.82) is 0 Å². The van der Waals surface area contributed by atoms with Crippen molar-refractivity contribution < 1.29 is 29.4 Å². The van der Waals surface area contributed by atoms with E-state index in [1.54, 1.807) is 97.1 Å². The SMILES string of the molecule is O=Cc1ccc(-c2c(O)c(-c3ccc(C=O)cc3)c(-c3ccc(C=O)cc3)c(O)c2-c2ccc(C=O)cc2)cc1. The van der Waals surface area contributed by atoms with Gasteiger partial charge in [0.2, 0.25) is 0 Å². The van der Waals surface area contributed by atoms with Gasteiger partial charge in [-0.1, -0.05) is 97.1 Å². The van der Waals surface area contributed by atoms with Gasteiger partial charge in [-0.25, -0.2) is 0 Å². The van der Waals surface area contributed by atoms with Gasteiger partial charge < -0.3 is 10.2 Å². The molecule has 5 aromatic rings. The molecule has 194 valence electrons. The molecule has 0 aromatic heterocycles. The molecule has 5 aromatic carbocycles. The highest BCUT2D eigenvalue weighted by Crippen LogP contribution is 2.55. The van der Waals surface area contributed by atoms with Crippen LogP contribution >= 0.6 is 0 Å². The van der Waals surface area contributed by atoms with Gasteiger partial charge in [-0.15, -0.1) is 0 Å². The third-order valence-corrected chi connectivity index (χ3v) is 6.79. The standard InChI is InChI=1S/C34H22O6/c35-17-21-1-9-25(10-2-21)29-30(26-11-3-22(18-36)4-12-26)34(40)32(28-15-7-24(20-38)8-16-28)31(33(29)39)27-13-5-23(19-37)6-14-27/h1-20,39-40H. The van der Waals surface area contributed by atoms with E-state index >= 15 is 0 Å². The second kappa shape index (κ2) is 11.0. The minimum atomic E-state index is -0.139. The molecule has 2 N–H and O–H groups in total. The lowest BCUT2D eigenvalue weighted by atomic mass is 9.83. The van der Waals surface area contributed by atoms with Crippen molar-refractivity contribution in [3.63, 3.8) is 0 Å². The second-order valence-electron chi connectivity index (χ2n) is 9.16. The van der Waals surface area contributed by atoms with E-state index in [-0.39, 0.29) is 11.5 Å². The quantitative estimate of drug-likeness (QED) is 0.166. The molecule has 0 spiro atoms. The van der Waals surface area contributed by atoms with Crippen LogP contribution in [-0.2, 0) is 0 Å². The topological polar surface area (TPSA) is 109 Å². The molecular formula is C34H22O6. The molecule has 0 heterocycles. The van der Waals surface area contributed by atoms with Crippen LogP contribution in [0.1, 0.15) is 41.4 Å². The summed E-state index contributed by atoms with van der Waals surface area (Å²) in [6.07, 6.45) is 2.86. The van der Waals surface area contributed by atoms with Crippen LogP contribution in [0.2, 0.25) is 0 Å². The first-order valence-electron chi connectivity index (χ1n) is 12.3. The zero-order valence-electron chi connectivity index (χ0n) is 21.1. The van der Waals surface area contributed by atoms with Gasteiger partial charge >= 0.3 is 0 Å². The van der Waals surface area contributed by atoms with Crippen molar-refractivity contribution >= 4 is 25.1 Å². The molecule has 40 heavy (non-hydrogen) atoms. The zero-order chi connectivity index (χ0) is 28.2. The van der Waals surface area contributed by atoms with E-state index < -0.39 is 0 Å². The van der Waals surface area contributed by atoms with Crippen LogP contribution in [0.4, 0.5) is 0 Å². The first-order chi connectivity index (χ1) is 19.5. The fraction of sp³-hybridized carbons (Fsp3) is 0. The van der Waals surface area contributed by atoms with Crippen LogP contribution in [0.15, 0.2) is 97.1 Å². The number of aromatic hydroxyl groups is 2. The summed E-state index contributed by atoms with van der Waals surface area (Å²) in [5.41, 5.74) is 5.22. The molecule has 0 saturated heterocycles. The summed E-state index contributed by atoms with van der Waals surface area (Å²) in [6, 6.07) is 26.3. The van der Waals surface area contributed by atoms with E-state index in [9.17, 15) is 29.4 Å². The Bertz CT molecular complexity index is 1470. The Kier molecular flexibility index (Phi) is 7.16. The average Bonchev–Trinajstić information content (AvgIpc) is 3.02. The number of benzene rings is 5. The number of hydrogen-bond donors (Lipinski definition) is 2.